The molecule has 0 spiro atoms. The SMILES string of the molecule is Cc1c(C)c2ccc(OCC(=O)N3CC4C[C@@H](C3)Cn3c4ccc([N+](=O)[O-])c3=O)c(C)c2oc1=O. The Morgan fingerprint density at radius 3 is 2.60 bits per heavy atom. The summed E-state index contributed by atoms with van der Waals surface area (Å²) in [6, 6.07) is 6.48. The number of benzene rings is 1. The number of hydrogen-bond donors (Lipinski definition) is 0. The summed E-state index contributed by atoms with van der Waals surface area (Å²) >= 11 is 0. The lowest BCUT2D eigenvalue weighted by Crippen LogP contribution is -2.50. The fourth-order valence-corrected chi connectivity index (χ4v) is 5.29. The van der Waals surface area contributed by atoms with Crippen LogP contribution in [0.2, 0.25) is 0 Å². The van der Waals surface area contributed by atoms with Crippen LogP contribution in [0, 0.1) is 36.8 Å². The number of hydrogen-bond acceptors (Lipinski definition) is 7. The third kappa shape index (κ3) is 3.78. The highest BCUT2D eigenvalue weighted by molar-refractivity contribution is 5.86. The predicted octanol–water partition coefficient (Wildman–Crippen LogP) is 2.81. The van der Waals surface area contributed by atoms with Gasteiger partial charge in [-0.1, -0.05) is 0 Å². The number of fused-ring (bicyclic) bond motifs is 5. The van der Waals surface area contributed by atoms with Crippen molar-refractivity contribution in [2.45, 2.75) is 39.7 Å². The number of likely N-dealkylation sites (tertiary alicyclic amines) is 1. The lowest BCUT2D eigenvalue weighted by molar-refractivity contribution is -0.386. The molecule has 1 aromatic carbocycles. The Labute approximate surface area is 199 Å². The van der Waals surface area contributed by atoms with E-state index in [2.05, 4.69) is 0 Å². The van der Waals surface area contributed by atoms with E-state index < -0.39 is 21.8 Å². The van der Waals surface area contributed by atoms with E-state index in [1.165, 1.54) is 10.6 Å². The molecule has 2 atom stereocenters. The van der Waals surface area contributed by atoms with Gasteiger partial charge in [0.05, 0.1) is 4.92 Å². The number of piperidine rings is 1. The molecule has 10 heteroatoms. The molecule has 2 aromatic heterocycles. The minimum Gasteiger partial charge on any atom is -0.483 e. The van der Waals surface area contributed by atoms with E-state index in [-0.39, 0.29) is 24.3 Å². The van der Waals surface area contributed by atoms with Crippen LogP contribution in [0.1, 0.15) is 34.7 Å². The van der Waals surface area contributed by atoms with E-state index >= 15 is 0 Å². The Morgan fingerprint density at radius 1 is 1.09 bits per heavy atom. The van der Waals surface area contributed by atoms with Crippen molar-refractivity contribution >= 4 is 22.6 Å². The first-order chi connectivity index (χ1) is 16.7. The van der Waals surface area contributed by atoms with Gasteiger partial charge in [0.1, 0.15) is 11.3 Å². The van der Waals surface area contributed by atoms with Crippen molar-refractivity contribution in [3.05, 3.63) is 77.5 Å². The second-order valence-corrected chi connectivity index (χ2v) is 9.41. The van der Waals surface area contributed by atoms with Gasteiger partial charge in [-0.3, -0.25) is 19.7 Å². The molecule has 10 nitrogen and oxygen atoms in total. The molecule has 182 valence electrons. The molecular weight excluding hydrogens is 454 g/mol. The molecule has 1 unspecified atom stereocenters. The number of nitro groups is 1. The van der Waals surface area contributed by atoms with Crippen LogP contribution < -0.4 is 15.9 Å². The van der Waals surface area contributed by atoms with Crippen LogP contribution in [-0.2, 0) is 11.3 Å². The molecule has 1 fully saturated rings. The monoisotopic (exact) mass is 479 g/mol. The highest BCUT2D eigenvalue weighted by Gasteiger charge is 2.37. The number of ether oxygens (including phenoxy) is 1. The van der Waals surface area contributed by atoms with Gasteiger partial charge in [0.15, 0.2) is 6.61 Å². The van der Waals surface area contributed by atoms with Crippen LogP contribution >= 0.6 is 0 Å². The third-order valence-electron chi connectivity index (χ3n) is 7.31. The molecule has 0 radical (unpaired) electrons. The van der Waals surface area contributed by atoms with Crippen LogP contribution in [0.15, 0.2) is 38.3 Å². The van der Waals surface area contributed by atoms with Crippen molar-refractivity contribution in [1.29, 1.82) is 0 Å². The van der Waals surface area contributed by atoms with E-state index in [4.69, 9.17) is 9.15 Å². The number of carbonyl (C=O) groups is 1. The van der Waals surface area contributed by atoms with Crippen LogP contribution in [0.5, 0.6) is 5.75 Å². The van der Waals surface area contributed by atoms with E-state index in [1.807, 2.05) is 13.0 Å². The van der Waals surface area contributed by atoms with Crippen molar-refractivity contribution in [2.24, 2.45) is 5.92 Å². The average Bonchev–Trinajstić information content (AvgIpc) is 2.82. The molecule has 0 saturated carbocycles. The zero-order valence-electron chi connectivity index (χ0n) is 19.7. The standard InChI is InChI=1S/C25H25N3O7/c1-13-14(2)25(31)35-23-15(3)21(7-4-18(13)23)34-12-22(29)26-9-16-8-17(11-26)19-5-6-20(28(32)33)24(30)27(19)10-16/h4-7,16-17H,8-12H2,1-3H3/t16-,17?/m0/s1. The van der Waals surface area contributed by atoms with Gasteiger partial charge in [-0.25, -0.2) is 4.79 Å². The molecule has 3 aromatic rings. The van der Waals surface area contributed by atoms with Gasteiger partial charge >= 0.3 is 16.9 Å². The van der Waals surface area contributed by atoms with Crippen LogP contribution in [0.3, 0.4) is 0 Å². The van der Waals surface area contributed by atoms with E-state index in [0.717, 1.165) is 23.1 Å². The highest BCUT2D eigenvalue weighted by atomic mass is 16.6. The van der Waals surface area contributed by atoms with E-state index in [9.17, 15) is 24.5 Å². The molecule has 0 aliphatic carbocycles. The summed E-state index contributed by atoms with van der Waals surface area (Å²) in [5, 5.41) is 12.0. The number of aromatic nitrogens is 1. The molecule has 35 heavy (non-hydrogen) atoms. The molecule has 5 rings (SSSR count). The minimum absolute atomic E-state index is 0.0350. The van der Waals surface area contributed by atoms with Gasteiger partial charge < -0.3 is 18.6 Å². The first-order valence-corrected chi connectivity index (χ1v) is 11.5. The molecule has 4 heterocycles. The van der Waals surface area contributed by atoms with Gasteiger partial charge in [-0.05, 0) is 56.9 Å². The zero-order valence-corrected chi connectivity index (χ0v) is 19.7. The van der Waals surface area contributed by atoms with Gasteiger partial charge in [-0.15, -0.1) is 0 Å². The van der Waals surface area contributed by atoms with Crippen molar-refractivity contribution in [3.63, 3.8) is 0 Å². The number of carbonyl (C=O) groups excluding carboxylic acids is 1. The first kappa shape index (κ1) is 22.8. The minimum atomic E-state index is -0.657. The number of aryl methyl sites for hydroxylation is 2. The lowest BCUT2D eigenvalue weighted by atomic mass is 9.83. The Morgan fingerprint density at radius 2 is 1.86 bits per heavy atom. The maximum absolute atomic E-state index is 13.0. The highest BCUT2D eigenvalue weighted by Crippen LogP contribution is 2.36. The summed E-state index contributed by atoms with van der Waals surface area (Å²) in [5.41, 5.74) is 1.84. The molecular formula is C25H25N3O7. The van der Waals surface area contributed by atoms with E-state index in [1.54, 1.807) is 30.9 Å². The molecule has 2 aliphatic heterocycles. The Kier molecular flexibility index (Phi) is 5.46. The Balaban J connectivity index is 1.33. The van der Waals surface area contributed by atoms with Crippen molar-refractivity contribution in [2.75, 3.05) is 19.7 Å². The zero-order chi connectivity index (χ0) is 25.0. The van der Waals surface area contributed by atoms with Crippen LogP contribution in [-0.4, -0.2) is 40.0 Å². The predicted molar refractivity (Wildman–Crippen MR) is 127 cm³/mol. The largest absolute Gasteiger partial charge is 0.483 e. The Bertz CT molecular complexity index is 1500. The number of pyridine rings is 1. The summed E-state index contributed by atoms with van der Waals surface area (Å²) < 4.78 is 12.8. The van der Waals surface area contributed by atoms with Crippen LogP contribution in [0.25, 0.3) is 11.0 Å². The van der Waals surface area contributed by atoms with Crippen LogP contribution in [0.4, 0.5) is 5.69 Å². The van der Waals surface area contributed by atoms with E-state index in [0.29, 0.717) is 42.1 Å². The molecule has 0 N–H and O–H groups in total. The second-order valence-electron chi connectivity index (χ2n) is 9.41. The average molecular weight is 479 g/mol. The quantitative estimate of drug-likeness (QED) is 0.320. The maximum Gasteiger partial charge on any atom is 0.339 e. The fourth-order valence-electron chi connectivity index (χ4n) is 5.29. The number of nitrogens with zero attached hydrogens (tertiary/aromatic N) is 3. The number of amides is 1. The molecule has 2 bridgehead atoms. The van der Waals surface area contributed by atoms with Gasteiger partial charge in [-0.2, -0.15) is 0 Å². The second kappa shape index (κ2) is 8.37. The molecule has 1 saturated heterocycles. The normalized spacial score (nSPS) is 18.9. The molecule has 2 aliphatic rings. The summed E-state index contributed by atoms with van der Waals surface area (Å²) in [6.45, 7) is 6.43. The first-order valence-electron chi connectivity index (χ1n) is 11.5. The fraction of sp³-hybridized carbons (Fsp3) is 0.400. The van der Waals surface area contributed by atoms with Gasteiger partial charge in [0, 0.05) is 53.8 Å². The summed E-state index contributed by atoms with van der Waals surface area (Å²) in [5.74, 6) is 0.257. The molecule has 1 amide bonds. The van der Waals surface area contributed by atoms with Gasteiger partial charge in [0.2, 0.25) is 0 Å². The van der Waals surface area contributed by atoms with Crippen molar-refractivity contribution < 1.29 is 18.9 Å². The summed E-state index contributed by atoms with van der Waals surface area (Å²) in [7, 11) is 0. The van der Waals surface area contributed by atoms with Crippen molar-refractivity contribution in [1.82, 2.24) is 9.47 Å². The van der Waals surface area contributed by atoms with Crippen molar-refractivity contribution in [3.8, 4) is 5.75 Å². The third-order valence-corrected chi connectivity index (χ3v) is 7.31. The van der Waals surface area contributed by atoms with Gasteiger partial charge in [0.25, 0.3) is 5.91 Å². The Hall–Kier alpha value is -3.95. The smallest absolute Gasteiger partial charge is 0.339 e. The topological polar surface area (TPSA) is 125 Å². The number of rotatable bonds is 4. The maximum atomic E-state index is 13.0. The summed E-state index contributed by atoms with van der Waals surface area (Å²) in [4.78, 5) is 49.9. The lowest BCUT2D eigenvalue weighted by Gasteiger charge is -2.42. The summed E-state index contributed by atoms with van der Waals surface area (Å²) in [6.07, 6.45) is 0.823.